The second-order valence-corrected chi connectivity index (χ2v) is 6.90. The molecule has 2 amide bonds. The van der Waals surface area contributed by atoms with E-state index >= 15 is 0 Å². The normalized spacial score (nSPS) is 10.9. The van der Waals surface area contributed by atoms with Crippen LogP contribution in [0.15, 0.2) is 36.4 Å². The first kappa shape index (κ1) is 19.5. The van der Waals surface area contributed by atoms with Crippen LogP contribution < -0.4 is 10.6 Å². The highest BCUT2D eigenvalue weighted by Gasteiger charge is 2.12. The molecule has 0 unspecified atom stereocenters. The number of nitrogens with zero attached hydrogens (tertiary/aromatic N) is 2. The standard InChI is InChI=1S/C21H23FN4O2/c1-13-5-7-19-15(10-13)18(25-26(19)3)12-23-20(27)8-9-21(28)24-17-11-14(2)4-6-16(17)22/h4-7,10-11H,8-9,12H2,1-3H3,(H,23,27)(H,24,28). The first-order valence-corrected chi connectivity index (χ1v) is 9.08. The second-order valence-electron chi connectivity index (χ2n) is 6.90. The first-order chi connectivity index (χ1) is 13.3. The zero-order chi connectivity index (χ0) is 20.3. The predicted molar refractivity (Wildman–Crippen MR) is 106 cm³/mol. The molecule has 1 heterocycles. The number of rotatable bonds is 6. The minimum atomic E-state index is -0.499. The lowest BCUT2D eigenvalue weighted by Gasteiger charge is -2.08. The molecule has 2 aromatic carbocycles. The molecule has 146 valence electrons. The Morgan fingerprint density at radius 2 is 1.71 bits per heavy atom. The molecule has 0 bridgehead atoms. The molecule has 3 rings (SSSR count). The van der Waals surface area contributed by atoms with Gasteiger partial charge in [-0.3, -0.25) is 14.3 Å². The smallest absolute Gasteiger partial charge is 0.224 e. The fourth-order valence-corrected chi connectivity index (χ4v) is 3.03. The maximum absolute atomic E-state index is 13.7. The Labute approximate surface area is 162 Å². The van der Waals surface area contributed by atoms with Crippen LogP contribution in [0.25, 0.3) is 10.9 Å². The summed E-state index contributed by atoms with van der Waals surface area (Å²) in [5, 5.41) is 10.7. The van der Waals surface area contributed by atoms with Gasteiger partial charge in [0.05, 0.1) is 23.4 Å². The Morgan fingerprint density at radius 1 is 1.04 bits per heavy atom. The van der Waals surface area contributed by atoms with Gasteiger partial charge in [0.15, 0.2) is 0 Å². The molecular weight excluding hydrogens is 359 g/mol. The summed E-state index contributed by atoms with van der Waals surface area (Å²) >= 11 is 0. The highest BCUT2D eigenvalue weighted by Crippen LogP contribution is 2.19. The van der Waals surface area contributed by atoms with Crippen LogP contribution >= 0.6 is 0 Å². The average Bonchev–Trinajstić information content (AvgIpc) is 2.96. The van der Waals surface area contributed by atoms with Crippen molar-refractivity contribution in [1.82, 2.24) is 15.1 Å². The topological polar surface area (TPSA) is 76.0 Å². The Bertz CT molecular complexity index is 1040. The zero-order valence-corrected chi connectivity index (χ0v) is 16.2. The summed E-state index contributed by atoms with van der Waals surface area (Å²) in [4.78, 5) is 24.1. The quantitative estimate of drug-likeness (QED) is 0.686. The summed E-state index contributed by atoms with van der Waals surface area (Å²) in [6, 6.07) is 10.5. The Kier molecular flexibility index (Phi) is 5.73. The van der Waals surface area contributed by atoms with Gasteiger partial charge in [0, 0.05) is 25.3 Å². The molecule has 6 nitrogen and oxygen atoms in total. The minimum absolute atomic E-state index is 0.0169. The van der Waals surface area contributed by atoms with E-state index < -0.39 is 11.7 Å². The molecule has 2 N–H and O–H groups in total. The summed E-state index contributed by atoms with van der Waals surface area (Å²) in [5.41, 5.74) is 3.86. The van der Waals surface area contributed by atoms with E-state index in [4.69, 9.17) is 0 Å². The van der Waals surface area contributed by atoms with Gasteiger partial charge in [-0.2, -0.15) is 5.10 Å². The summed E-state index contributed by atoms with van der Waals surface area (Å²) in [6.07, 6.45) is -0.00957. The fourth-order valence-electron chi connectivity index (χ4n) is 3.03. The van der Waals surface area contributed by atoms with Gasteiger partial charge in [0.1, 0.15) is 5.82 Å². The van der Waals surface area contributed by atoms with Crippen molar-refractivity contribution in [3.05, 3.63) is 59.0 Å². The molecule has 7 heteroatoms. The maximum Gasteiger partial charge on any atom is 0.224 e. The van der Waals surface area contributed by atoms with Crippen molar-refractivity contribution in [3.63, 3.8) is 0 Å². The van der Waals surface area contributed by atoms with Gasteiger partial charge < -0.3 is 10.6 Å². The number of nitrogens with one attached hydrogen (secondary N) is 2. The summed E-state index contributed by atoms with van der Waals surface area (Å²) in [6.45, 7) is 4.10. The van der Waals surface area contributed by atoms with Crippen molar-refractivity contribution in [1.29, 1.82) is 0 Å². The number of amides is 2. The molecule has 28 heavy (non-hydrogen) atoms. The average molecular weight is 382 g/mol. The molecule has 0 fully saturated rings. The molecule has 0 atom stereocenters. The first-order valence-electron chi connectivity index (χ1n) is 9.08. The third-order valence-electron chi connectivity index (χ3n) is 4.51. The van der Waals surface area contributed by atoms with Gasteiger partial charge in [-0.25, -0.2) is 4.39 Å². The SMILES string of the molecule is Cc1ccc(F)c(NC(=O)CCC(=O)NCc2nn(C)c3ccc(C)cc23)c1. The lowest BCUT2D eigenvalue weighted by Crippen LogP contribution is -2.25. The lowest BCUT2D eigenvalue weighted by atomic mass is 10.1. The van der Waals surface area contributed by atoms with E-state index in [0.717, 1.165) is 27.7 Å². The molecule has 0 spiro atoms. The summed E-state index contributed by atoms with van der Waals surface area (Å²) < 4.78 is 15.5. The van der Waals surface area contributed by atoms with E-state index in [9.17, 15) is 14.0 Å². The van der Waals surface area contributed by atoms with Crippen LogP contribution in [0.2, 0.25) is 0 Å². The van der Waals surface area contributed by atoms with Crippen molar-refractivity contribution in [3.8, 4) is 0 Å². The van der Waals surface area contributed by atoms with Crippen LogP contribution in [-0.4, -0.2) is 21.6 Å². The molecule has 0 aliphatic rings. The minimum Gasteiger partial charge on any atom is -0.350 e. The van der Waals surface area contributed by atoms with Crippen LogP contribution in [0.4, 0.5) is 10.1 Å². The molecule has 3 aromatic rings. The van der Waals surface area contributed by atoms with E-state index in [1.165, 1.54) is 6.07 Å². The van der Waals surface area contributed by atoms with Crippen molar-refractivity contribution in [2.45, 2.75) is 33.2 Å². The van der Waals surface area contributed by atoms with Crippen molar-refractivity contribution in [2.24, 2.45) is 7.05 Å². The molecular formula is C21H23FN4O2. The number of aryl methyl sites for hydroxylation is 3. The van der Waals surface area contributed by atoms with E-state index in [2.05, 4.69) is 15.7 Å². The van der Waals surface area contributed by atoms with Crippen molar-refractivity contribution in [2.75, 3.05) is 5.32 Å². The number of fused-ring (bicyclic) bond motifs is 1. The number of aromatic nitrogens is 2. The summed E-state index contributed by atoms with van der Waals surface area (Å²) in [5.74, 6) is -1.16. The second kappa shape index (κ2) is 8.21. The number of halogens is 1. The van der Waals surface area contributed by atoms with E-state index in [1.54, 1.807) is 16.8 Å². The van der Waals surface area contributed by atoms with Crippen LogP contribution in [0, 0.1) is 19.7 Å². The Balaban J connectivity index is 1.53. The lowest BCUT2D eigenvalue weighted by molar-refractivity contribution is -0.124. The highest BCUT2D eigenvalue weighted by molar-refractivity contribution is 5.93. The fraction of sp³-hybridized carbons (Fsp3) is 0.286. The van der Waals surface area contributed by atoms with Gasteiger partial charge in [-0.15, -0.1) is 0 Å². The largest absolute Gasteiger partial charge is 0.350 e. The maximum atomic E-state index is 13.7. The number of carbonyl (C=O) groups is 2. The highest BCUT2D eigenvalue weighted by atomic mass is 19.1. The number of hydrogen-bond donors (Lipinski definition) is 2. The van der Waals surface area contributed by atoms with Crippen molar-refractivity contribution >= 4 is 28.4 Å². The van der Waals surface area contributed by atoms with Crippen LogP contribution in [-0.2, 0) is 23.2 Å². The number of hydrogen-bond acceptors (Lipinski definition) is 3. The van der Waals surface area contributed by atoms with Gasteiger partial charge in [-0.1, -0.05) is 17.7 Å². The van der Waals surface area contributed by atoms with Crippen LogP contribution in [0.3, 0.4) is 0 Å². The molecule has 0 aliphatic heterocycles. The Morgan fingerprint density at radius 3 is 2.50 bits per heavy atom. The van der Waals surface area contributed by atoms with Gasteiger partial charge >= 0.3 is 0 Å². The molecule has 0 aliphatic carbocycles. The molecule has 1 aromatic heterocycles. The van der Waals surface area contributed by atoms with Gasteiger partial charge in [0.2, 0.25) is 11.8 Å². The third-order valence-corrected chi connectivity index (χ3v) is 4.51. The van der Waals surface area contributed by atoms with E-state index in [0.29, 0.717) is 0 Å². The number of carbonyl (C=O) groups excluding carboxylic acids is 2. The molecule has 0 radical (unpaired) electrons. The zero-order valence-electron chi connectivity index (χ0n) is 16.2. The van der Waals surface area contributed by atoms with Crippen LogP contribution in [0.5, 0.6) is 0 Å². The molecule has 0 saturated carbocycles. The van der Waals surface area contributed by atoms with Crippen molar-refractivity contribution < 1.29 is 14.0 Å². The van der Waals surface area contributed by atoms with E-state index in [1.807, 2.05) is 39.1 Å². The van der Waals surface area contributed by atoms with Gasteiger partial charge in [-0.05, 0) is 43.7 Å². The third kappa shape index (κ3) is 4.54. The number of benzene rings is 2. The molecule has 0 saturated heterocycles. The number of anilines is 1. The predicted octanol–water partition coefficient (Wildman–Crippen LogP) is 3.36. The van der Waals surface area contributed by atoms with E-state index in [-0.39, 0.29) is 31.0 Å². The summed E-state index contributed by atoms with van der Waals surface area (Å²) in [7, 11) is 1.86. The van der Waals surface area contributed by atoms with Gasteiger partial charge in [0.25, 0.3) is 0 Å². The monoisotopic (exact) mass is 382 g/mol. The van der Waals surface area contributed by atoms with Crippen LogP contribution in [0.1, 0.15) is 29.7 Å². The Hall–Kier alpha value is -3.22.